The molecular formula is C27H28N8O2. The molecule has 0 aliphatic carbocycles. The summed E-state index contributed by atoms with van der Waals surface area (Å²) < 4.78 is 13.6. The molecule has 4 heterocycles. The fourth-order valence-electron chi connectivity index (χ4n) is 4.70. The Morgan fingerprint density at radius 1 is 0.919 bits per heavy atom. The van der Waals surface area contributed by atoms with Crippen LogP contribution >= 0.6 is 0 Å². The molecule has 0 bridgehead atoms. The molecule has 0 atom stereocenters. The summed E-state index contributed by atoms with van der Waals surface area (Å²) in [6.07, 6.45) is 5.20. The average Bonchev–Trinajstić information content (AvgIpc) is 3.30. The molecule has 0 radical (unpaired) electrons. The largest absolute Gasteiger partial charge is 0.494 e. The zero-order valence-corrected chi connectivity index (χ0v) is 21.1. The number of methoxy groups -OCH3 is 1. The molecule has 1 aliphatic heterocycles. The lowest BCUT2D eigenvalue weighted by Gasteiger charge is -2.27. The molecule has 1 fully saturated rings. The third kappa shape index (κ3) is 4.46. The summed E-state index contributed by atoms with van der Waals surface area (Å²) in [5, 5.41) is 11.7. The molecule has 0 saturated carbocycles. The fraction of sp³-hybridized carbons (Fsp3) is 0.296. The maximum atomic E-state index is 6.20. The highest BCUT2D eigenvalue weighted by Gasteiger charge is 2.17. The van der Waals surface area contributed by atoms with Crippen molar-refractivity contribution < 1.29 is 9.47 Å². The van der Waals surface area contributed by atoms with Crippen LogP contribution in [0.1, 0.15) is 24.8 Å². The van der Waals surface area contributed by atoms with Gasteiger partial charge in [-0.25, -0.2) is 19.6 Å². The molecule has 1 N–H and O–H groups in total. The number of piperidine rings is 1. The van der Waals surface area contributed by atoms with Crippen LogP contribution in [0.4, 0.5) is 17.3 Å². The standard InChI is InChI=1S/C27H28N8O2/c1-17-13-21(24(36-3)15-23(17)37-18-7-9-22-20(14-18)32-33-34(22)2)30-27-26-19(28-16-29-27)8-10-25(31-26)35-11-5-4-6-12-35/h7-10,13-16H,4-6,11-12H2,1-3H3,(H,28,29,30). The third-order valence-corrected chi connectivity index (χ3v) is 6.71. The van der Waals surface area contributed by atoms with E-state index in [9.17, 15) is 0 Å². The quantitative estimate of drug-likeness (QED) is 0.342. The van der Waals surface area contributed by atoms with Crippen LogP contribution in [0.15, 0.2) is 48.8 Å². The van der Waals surface area contributed by atoms with Crippen molar-refractivity contribution in [1.29, 1.82) is 0 Å². The normalized spacial score (nSPS) is 13.8. The van der Waals surface area contributed by atoms with Crippen molar-refractivity contribution in [2.75, 3.05) is 30.4 Å². The number of nitrogens with zero attached hydrogens (tertiary/aromatic N) is 7. The van der Waals surface area contributed by atoms with E-state index < -0.39 is 0 Å². The summed E-state index contributed by atoms with van der Waals surface area (Å²) in [5.74, 6) is 3.57. The molecule has 0 spiro atoms. The highest BCUT2D eigenvalue weighted by Crippen LogP contribution is 2.37. The van der Waals surface area contributed by atoms with Gasteiger partial charge >= 0.3 is 0 Å². The van der Waals surface area contributed by atoms with Crippen molar-refractivity contribution in [2.45, 2.75) is 26.2 Å². The van der Waals surface area contributed by atoms with Gasteiger partial charge in [0.2, 0.25) is 0 Å². The highest BCUT2D eigenvalue weighted by atomic mass is 16.5. The zero-order chi connectivity index (χ0) is 25.4. The second kappa shape index (κ2) is 9.53. The Bertz CT molecular complexity index is 1590. The molecule has 0 amide bonds. The number of hydrogen-bond donors (Lipinski definition) is 1. The van der Waals surface area contributed by atoms with Gasteiger partial charge in [-0.15, -0.1) is 5.10 Å². The minimum atomic E-state index is 0.625. The summed E-state index contributed by atoms with van der Waals surface area (Å²) in [7, 11) is 3.50. The van der Waals surface area contributed by atoms with Gasteiger partial charge in [-0.3, -0.25) is 0 Å². The van der Waals surface area contributed by atoms with E-state index >= 15 is 0 Å². The van der Waals surface area contributed by atoms with Crippen LogP contribution < -0.4 is 19.7 Å². The van der Waals surface area contributed by atoms with Crippen molar-refractivity contribution in [2.24, 2.45) is 7.05 Å². The monoisotopic (exact) mass is 496 g/mol. The van der Waals surface area contributed by atoms with Crippen LogP contribution in [-0.4, -0.2) is 50.1 Å². The molecule has 3 aromatic heterocycles. The van der Waals surface area contributed by atoms with Crippen molar-refractivity contribution >= 4 is 39.4 Å². The Kier molecular flexibility index (Phi) is 5.91. The predicted octanol–water partition coefficient (Wildman–Crippen LogP) is 5.15. The highest BCUT2D eigenvalue weighted by molar-refractivity contribution is 5.89. The van der Waals surface area contributed by atoms with E-state index in [-0.39, 0.29) is 0 Å². The van der Waals surface area contributed by atoms with Crippen LogP contribution in [0.2, 0.25) is 0 Å². The lowest BCUT2D eigenvalue weighted by atomic mass is 10.1. The summed E-state index contributed by atoms with van der Waals surface area (Å²) in [4.78, 5) is 16.2. The second-order valence-corrected chi connectivity index (χ2v) is 9.22. The number of anilines is 3. The topological polar surface area (TPSA) is 103 Å². The zero-order valence-electron chi connectivity index (χ0n) is 21.1. The smallest absolute Gasteiger partial charge is 0.160 e. The summed E-state index contributed by atoms with van der Waals surface area (Å²) in [6.45, 7) is 4.03. The maximum absolute atomic E-state index is 6.20. The summed E-state index contributed by atoms with van der Waals surface area (Å²) in [5.41, 5.74) is 4.92. The first kappa shape index (κ1) is 23.0. The average molecular weight is 497 g/mol. The Balaban J connectivity index is 1.31. The molecule has 188 valence electrons. The molecule has 6 rings (SSSR count). The van der Waals surface area contributed by atoms with Crippen LogP contribution in [-0.2, 0) is 7.05 Å². The molecule has 10 heteroatoms. The molecule has 1 saturated heterocycles. The molecule has 5 aromatic rings. The first-order chi connectivity index (χ1) is 18.1. The van der Waals surface area contributed by atoms with Crippen molar-refractivity contribution in [3.8, 4) is 17.2 Å². The van der Waals surface area contributed by atoms with Gasteiger partial charge in [0.25, 0.3) is 0 Å². The van der Waals surface area contributed by atoms with E-state index in [0.717, 1.165) is 52.2 Å². The number of rotatable bonds is 6. The van der Waals surface area contributed by atoms with E-state index in [4.69, 9.17) is 14.5 Å². The van der Waals surface area contributed by atoms with Gasteiger partial charge in [0.15, 0.2) is 5.82 Å². The van der Waals surface area contributed by atoms with Crippen LogP contribution in [0.3, 0.4) is 0 Å². The summed E-state index contributed by atoms with van der Waals surface area (Å²) >= 11 is 0. The number of aryl methyl sites for hydroxylation is 2. The van der Waals surface area contributed by atoms with E-state index in [1.54, 1.807) is 18.1 Å². The SMILES string of the molecule is COc1cc(Oc2ccc3c(c2)nnn3C)c(C)cc1Nc1ncnc2ccc(N3CCCCC3)nc12. The summed E-state index contributed by atoms with van der Waals surface area (Å²) in [6, 6.07) is 13.6. The molecule has 2 aromatic carbocycles. The van der Waals surface area contributed by atoms with Gasteiger partial charge in [0.05, 0.1) is 23.8 Å². The number of aromatic nitrogens is 6. The van der Waals surface area contributed by atoms with Crippen molar-refractivity contribution in [1.82, 2.24) is 29.9 Å². The Morgan fingerprint density at radius 2 is 1.78 bits per heavy atom. The molecule has 0 unspecified atom stereocenters. The predicted molar refractivity (Wildman–Crippen MR) is 143 cm³/mol. The third-order valence-electron chi connectivity index (χ3n) is 6.71. The van der Waals surface area contributed by atoms with Gasteiger partial charge in [-0.1, -0.05) is 5.21 Å². The van der Waals surface area contributed by atoms with Crippen molar-refractivity contribution in [3.05, 3.63) is 54.4 Å². The lowest BCUT2D eigenvalue weighted by Crippen LogP contribution is -2.30. The fourth-order valence-corrected chi connectivity index (χ4v) is 4.70. The number of nitrogens with one attached hydrogen (secondary N) is 1. The van der Waals surface area contributed by atoms with E-state index in [1.807, 2.05) is 56.4 Å². The van der Waals surface area contributed by atoms with Gasteiger partial charge < -0.3 is 19.7 Å². The Hall–Kier alpha value is -4.47. The number of hydrogen-bond acceptors (Lipinski definition) is 9. The van der Waals surface area contributed by atoms with Crippen LogP contribution in [0, 0.1) is 6.92 Å². The van der Waals surface area contributed by atoms with Gasteiger partial charge in [-0.05, 0) is 62.1 Å². The Labute approximate surface area is 214 Å². The first-order valence-electron chi connectivity index (χ1n) is 12.4. The Morgan fingerprint density at radius 3 is 2.62 bits per heavy atom. The minimum Gasteiger partial charge on any atom is -0.494 e. The molecular weight excluding hydrogens is 468 g/mol. The number of ether oxygens (including phenoxy) is 2. The molecule has 37 heavy (non-hydrogen) atoms. The lowest BCUT2D eigenvalue weighted by molar-refractivity contribution is 0.410. The van der Waals surface area contributed by atoms with Gasteiger partial charge in [0.1, 0.15) is 40.4 Å². The molecule has 10 nitrogen and oxygen atoms in total. The van der Waals surface area contributed by atoms with Crippen LogP contribution in [0.25, 0.3) is 22.1 Å². The maximum Gasteiger partial charge on any atom is 0.160 e. The van der Waals surface area contributed by atoms with Crippen molar-refractivity contribution in [3.63, 3.8) is 0 Å². The van der Waals surface area contributed by atoms with E-state index in [2.05, 4.69) is 30.5 Å². The van der Waals surface area contributed by atoms with E-state index in [1.165, 1.54) is 19.3 Å². The second-order valence-electron chi connectivity index (χ2n) is 9.22. The first-order valence-corrected chi connectivity index (χ1v) is 12.4. The van der Waals surface area contributed by atoms with Crippen LogP contribution in [0.5, 0.6) is 17.2 Å². The number of pyridine rings is 1. The van der Waals surface area contributed by atoms with Gasteiger partial charge in [-0.2, -0.15) is 0 Å². The minimum absolute atomic E-state index is 0.625. The molecule has 1 aliphatic rings. The number of benzene rings is 2. The van der Waals surface area contributed by atoms with E-state index in [0.29, 0.717) is 23.1 Å². The van der Waals surface area contributed by atoms with Gasteiger partial charge in [0, 0.05) is 32.3 Å². The number of fused-ring (bicyclic) bond motifs is 2.